The van der Waals surface area contributed by atoms with E-state index in [1.807, 2.05) is 37.6 Å². The van der Waals surface area contributed by atoms with E-state index in [4.69, 9.17) is 16.3 Å². The van der Waals surface area contributed by atoms with Gasteiger partial charge in [-0.3, -0.25) is 0 Å². The van der Waals surface area contributed by atoms with Crippen LogP contribution in [0.5, 0.6) is 5.75 Å². The van der Waals surface area contributed by atoms with Crippen LogP contribution in [0, 0.1) is 6.92 Å². The Hall–Kier alpha value is -1.10. The van der Waals surface area contributed by atoms with Crippen LogP contribution in [-0.4, -0.2) is 12.0 Å². The molecule has 0 saturated heterocycles. The standard InChI is InChI=1S/C13H15ClN2OS/c1-9-3-4-10(14)5-12(9)17-7-11-8-18-13(16-11)6-15-2/h3-5,8,15H,6-7H2,1-2H3. The molecule has 0 bridgehead atoms. The third-order valence-electron chi connectivity index (χ3n) is 2.45. The monoisotopic (exact) mass is 282 g/mol. The van der Waals surface area contributed by atoms with Crippen molar-refractivity contribution in [2.24, 2.45) is 0 Å². The molecule has 0 unspecified atom stereocenters. The highest BCUT2D eigenvalue weighted by Gasteiger charge is 2.04. The highest BCUT2D eigenvalue weighted by atomic mass is 35.5. The van der Waals surface area contributed by atoms with Crippen LogP contribution >= 0.6 is 22.9 Å². The lowest BCUT2D eigenvalue weighted by molar-refractivity contribution is 0.300. The van der Waals surface area contributed by atoms with Crippen LogP contribution in [0.2, 0.25) is 5.02 Å². The second kappa shape index (κ2) is 6.18. The molecular formula is C13H15ClN2OS. The van der Waals surface area contributed by atoms with E-state index in [0.717, 1.165) is 28.6 Å². The summed E-state index contributed by atoms with van der Waals surface area (Å²) in [7, 11) is 1.91. The predicted octanol–water partition coefficient (Wildman–Crippen LogP) is 3.40. The fourth-order valence-corrected chi connectivity index (χ4v) is 2.48. The van der Waals surface area contributed by atoms with Crippen molar-refractivity contribution in [1.29, 1.82) is 0 Å². The molecule has 0 aliphatic rings. The molecule has 0 saturated carbocycles. The maximum atomic E-state index is 5.94. The first-order chi connectivity index (χ1) is 8.69. The second-order valence-corrected chi connectivity index (χ2v) is 5.34. The fraction of sp³-hybridized carbons (Fsp3) is 0.308. The van der Waals surface area contributed by atoms with E-state index >= 15 is 0 Å². The molecule has 5 heteroatoms. The van der Waals surface area contributed by atoms with Crippen molar-refractivity contribution < 1.29 is 4.74 Å². The summed E-state index contributed by atoms with van der Waals surface area (Å²) < 4.78 is 5.73. The molecule has 1 aromatic heterocycles. The molecular weight excluding hydrogens is 268 g/mol. The zero-order valence-corrected chi connectivity index (χ0v) is 11.9. The molecule has 0 aliphatic heterocycles. The van der Waals surface area contributed by atoms with Gasteiger partial charge in [0, 0.05) is 16.9 Å². The number of aromatic nitrogens is 1. The average Bonchev–Trinajstić information content (AvgIpc) is 2.79. The van der Waals surface area contributed by atoms with Gasteiger partial charge in [-0.25, -0.2) is 4.98 Å². The zero-order chi connectivity index (χ0) is 13.0. The van der Waals surface area contributed by atoms with E-state index in [0.29, 0.717) is 11.6 Å². The van der Waals surface area contributed by atoms with Crippen LogP contribution in [0.3, 0.4) is 0 Å². The Morgan fingerprint density at radius 2 is 2.28 bits per heavy atom. The molecule has 1 aromatic carbocycles. The zero-order valence-electron chi connectivity index (χ0n) is 10.4. The van der Waals surface area contributed by atoms with Gasteiger partial charge in [-0.2, -0.15) is 0 Å². The van der Waals surface area contributed by atoms with Crippen LogP contribution in [0.25, 0.3) is 0 Å². The van der Waals surface area contributed by atoms with Gasteiger partial charge in [-0.1, -0.05) is 17.7 Å². The number of benzene rings is 1. The van der Waals surface area contributed by atoms with Gasteiger partial charge in [0.25, 0.3) is 0 Å². The van der Waals surface area contributed by atoms with E-state index in [1.165, 1.54) is 0 Å². The smallest absolute Gasteiger partial charge is 0.131 e. The predicted molar refractivity (Wildman–Crippen MR) is 75.4 cm³/mol. The Morgan fingerprint density at radius 1 is 1.44 bits per heavy atom. The number of aryl methyl sites for hydroxylation is 1. The minimum Gasteiger partial charge on any atom is -0.487 e. The first-order valence-corrected chi connectivity index (χ1v) is 6.91. The Labute approximate surface area is 116 Å². The van der Waals surface area contributed by atoms with Crippen LogP contribution in [0.1, 0.15) is 16.3 Å². The van der Waals surface area contributed by atoms with Crippen LogP contribution < -0.4 is 10.1 Å². The van der Waals surface area contributed by atoms with E-state index in [2.05, 4.69) is 10.3 Å². The van der Waals surface area contributed by atoms with Crippen molar-refractivity contribution in [1.82, 2.24) is 10.3 Å². The third kappa shape index (κ3) is 3.45. The van der Waals surface area contributed by atoms with Gasteiger partial charge in [0.15, 0.2) is 0 Å². The number of nitrogens with one attached hydrogen (secondary N) is 1. The average molecular weight is 283 g/mol. The van der Waals surface area contributed by atoms with Crippen molar-refractivity contribution in [3.05, 3.63) is 44.9 Å². The SMILES string of the molecule is CNCc1nc(COc2cc(Cl)ccc2C)cs1. The summed E-state index contributed by atoms with van der Waals surface area (Å²) in [5.74, 6) is 0.811. The lowest BCUT2D eigenvalue weighted by atomic mass is 10.2. The number of thiazole rings is 1. The molecule has 0 fully saturated rings. The maximum Gasteiger partial charge on any atom is 0.131 e. The Balaban J connectivity index is 1.99. The first kappa shape index (κ1) is 13.3. The number of hydrogen-bond acceptors (Lipinski definition) is 4. The molecule has 0 radical (unpaired) electrons. The molecule has 2 aromatic rings. The number of nitrogens with zero attached hydrogens (tertiary/aromatic N) is 1. The third-order valence-corrected chi connectivity index (χ3v) is 3.59. The largest absolute Gasteiger partial charge is 0.487 e. The van der Waals surface area contributed by atoms with Gasteiger partial charge in [-0.05, 0) is 31.7 Å². The lowest BCUT2D eigenvalue weighted by Crippen LogP contribution is -2.05. The second-order valence-electron chi connectivity index (χ2n) is 3.96. The summed E-state index contributed by atoms with van der Waals surface area (Å²) in [4.78, 5) is 4.47. The first-order valence-electron chi connectivity index (χ1n) is 5.66. The van der Waals surface area contributed by atoms with Crippen molar-refractivity contribution in [2.45, 2.75) is 20.1 Å². The quantitative estimate of drug-likeness (QED) is 0.913. The summed E-state index contributed by atoms with van der Waals surface area (Å²) in [5, 5.41) is 6.85. The molecule has 1 N–H and O–H groups in total. The summed E-state index contributed by atoms with van der Waals surface area (Å²) in [6.07, 6.45) is 0. The lowest BCUT2D eigenvalue weighted by Gasteiger charge is -2.07. The van der Waals surface area contributed by atoms with Crippen LogP contribution in [0.4, 0.5) is 0 Å². The number of ether oxygens (including phenoxy) is 1. The topological polar surface area (TPSA) is 34.2 Å². The molecule has 0 spiro atoms. The summed E-state index contributed by atoms with van der Waals surface area (Å²) in [6.45, 7) is 3.27. The minimum absolute atomic E-state index is 0.474. The van der Waals surface area contributed by atoms with E-state index in [9.17, 15) is 0 Å². The normalized spacial score (nSPS) is 10.6. The number of halogens is 1. The molecule has 18 heavy (non-hydrogen) atoms. The summed E-state index contributed by atoms with van der Waals surface area (Å²) >= 11 is 7.58. The highest BCUT2D eigenvalue weighted by molar-refractivity contribution is 7.09. The Kier molecular flexibility index (Phi) is 4.58. The fourth-order valence-electron chi connectivity index (χ4n) is 1.53. The van der Waals surface area contributed by atoms with Crippen molar-refractivity contribution >= 4 is 22.9 Å². The van der Waals surface area contributed by atoms with E-state index < -0.39 is 0 Å². The van der Waals surface area contributed by atoms with Crippen LogP contribution in [0.15, 0.2) is 23.6 Å². The molecule has 96 valence electrons. The van der Waals surface area contributed by atoms with E-state index in [1.54, 1.807) is 11.3 Å². The van der Waals surface area contributed by atoms with Gasteiger partial charge in [0.2, 0.25) is 0 Å². The van der Waals surface area contributed by atoms with Gasteiger partial charge >= 0.3 is 0 Å². The van der Waals surface area contributed by atoms with E-state index in [-0.39, 0.29) is 0 Å². The molecule has 1 heterocycles. The Morgan fingerprint density at radius 3 is 3.06 bits per heavy atom. The highest BCUT2D eigenvalue weighted by Crippen LogP contribution is 2.23. The maximum absolute atomic E-state index is 5.94. The van der Waals surface area contributed by atoms with Crippen molar-refractivity contribution in [3.8, 4) is 5.75 Å². The van der Waals surface area contributed by atoms with Crippen molar-refractivity contribution in [2.75, 3.05) is 7.05 Å². The molecule has 2 rings (SSSR count). The molecule has 0 aliphatic carbocycles. The molecule has 3 nitrogen and oxygen atoms in total. The number of rotatable bonds is 5. The Bertz CT molecular complexity index is 527. The summed E-state index contributed by atoms with van der Waals surface area (Å²) in [5.41, 5.74) is 2.02. The van der Waals surface area contributed by atoms with Crippen LogP contribution in [-0.2, 0) is 13.2 Å². The van der Waals surface area contributed by atoms with Gasteiger partial charge in [0.05, 0.1) is 5.69 Å². The van der Waals surface area contributed by atoms with Gasteiger partial charge < -0.3 is 10.1 Å². The minimum atomic E-state index is 0.474. The summed E-state index contributed by atoms with van der Waals surface area (Å²) in [6, 6.07) is 5.64. The van der Waals surface area contributed by atoms with Gasteiger partial charge in [-0.15, -0.1) is 11.3 Å². The van der Waals surface area contributed by atoms with Crippen molar-refractivity contribution in [3.63, 3.8) is 0 Å². The molecule has 0 atom stereocenters. The number of hydrogen-bond donors (Lipinski definition) is 1. The van der Waals surface area contributed by atoms with Gasteiger partial charge in [0.1, 0.15) is 17.4 Å². The molecule has 0 amide bonds.